The highest BCUT2D eigenvalue weighted by Crippen LogP contribution is 2.25. The van der Waals surface area contributed by atoms with Crippen LogP contribution in [0.1, 0.15) is 77.0 Å². The van der Waals surface area contributed by atoms with Crippen LogP contribution >= 0.6 is 46.4 Å². The highest BCUT2D eigenvalue weighted by Gasteiger charge is 2.12. The lowest BCUT2D eigenvalue weighted by Gasteiger charge is -2.11. The van der Waals surface area contributed by atoms with Gasteiger partial charge in [0.2, 0.25) is 0 Å². The van der Waals surface area contributed by atoms with Gasteiger partial charge in [-0.1, -0.05) is 73.0 Å². The number of hydrogen-bond donors (Lipinski definition) is 2. The summed E-state index contributed by atoms with van der Waals surface area (Å²) in [5.41, 5.74) is 12.1. The molecule has 2 saturated carbocycles. The minimum Gasteiger partial charge on any atom is -0.387 e. The van der Waals surface area contributed by atoms with E-state index in [4.69, 9.17) is 11.5 Å². The molecular formula is C20H40Cl2N4S2. The molecule has 166 valence electrons. The fraction of sp³-hybridized carbons (Fsp3) is 0.900. The van der Waals surface area contributed by atoms with E-state index in [9.17, 15) is 0 Å². The lowest BCUT2D eigenvalue weighted by Crippen LogP contribution is -2.18. The summed E-state index contributed by atoms with van der Waals surface area (Å²) in [4.78, 5) is 9.22. The quantitative estimate of drug-likeness (QED) is 0.145. The fourth-order valence-corrected chi connectivity index (χ4v) is 5.70. The predicted octanol–water partition coefficient (Wildman–Crippen LogP) is 5.87. The minimum absolute atomic E-state index is 0. The smallest absolute Gasteiger partial charge is 0.105 e. The molecule has 0 spiro atoms. The Balaban J connectivity index is 0.00000364. The number of hydrogen-bond acceptors (Lipinski definition) is 4. The first kappa shape index (κ1) is 28.2. The van der Waals surface area contributed by atoms with Gasteiger partial charge in [-0.3, -0.25) is 9.98 Å². The zero-order valence-corrected chi connectivity index (χ0v) is 20.4. The number of amidine groups is 2. The Bertz CT molecular complexity index is 394. The first-order valence-corrected chi connectivity index (χ1v) is 13.0. The van der Waals surface area contributed by atoms with E-state index >= 15 is 0 Å². The minimum atomic E-state index is 0. The molecule has 8 heteroatoms. The van der Waals surface area contributed by atoms with Crippen LogP contribution in [-0.4, -0.2) is 36.3 Å². The second-order valence-corrected chi connectivity index (χ2v) is 10.4. The lowest BCUT2D eigenvalue weighted by atomic mass is 10.0. The fourth-order valence-electron chi connectivity index (χ4n) is 3.88. The standard InChI is InChI=1S/C20H38N4S2.2ClH/c21-19(23-13-17-9-5-1-2-6-10-17)15-25-26-16-20(22)24-14-18-11-7-3-4-8-12-18;;/h17-18H,1-16H2,(H2,21,23)(H2,22,24);2*1H. The molecular weight excluding hydrogens is 431 g/mol. The van der Waals surface area contributed by atoms with Gasteiger partial charge in [-0.2, -0.15) is 0 Å². The van der Waals surface area contributed by atoms with E-state index in [0.717, 1.165) is 48.1 Å². The van der Waals surface area contributed by atoms with Crippen LogP contribution in [0.2, 0.25) is 0 Å². The molecule has 0 aliphatic heterocycles. The summed E-state index contributed by atoms with van der Waals surface area (Å²) in [5.74, 6) is 4.63. The number of aliphatic imine (C=N–C) groups is 2. The van der Waals surface area contributed by atoms with E-state index in [-0.39, 0.29) is 24.8 Å². The summed E-state index contributed by atoms with van der Waals surface area (Å²) in [6.45, 7) is 1.84. The van der Waals surface area contributed by atoms with Crippen molar-refractivity contribution in [3.8, 4) is 0 Å². The van der Waals surface area contributed by atoms with Crippen molar-refractivity contribution in [1.82, 2.24) is 0 Å². The normalized spacial score (nSPS) is 20.6. The SMILES string of the molecule is Cl.Cl.NC(CSSCC(N)=NCC1CCCCCC1)=NCC1CCCCCC1. The first-order chi connectivity index (χ1) is 12.7. The molecule has 28 heavy (non-hydrogen) atoms. The highest BCUT2D eigenvalue weighted by atomic mass is 35.5. The van der Waals surface area contributed by atoms with Crippen LogP contribution in [0.3, 0.4) is 0 Å². The molecule has 0 saturated heterocycles. The second kappa shape index (κ2) is 18.0. The van der Waals surface area contributed by atoms with E-state index in [1.165, 1.54) is 77.0 Å². The highest BCUT2D eigenvalue weighted by molar-refractivity contribution is 8.77. The van der Waals surface area contributed by atoms with E-state index in [1.54, 1.807) is 21.6 Å². The maximum atomic E-state index is 6.07. The summed E-state index contributed by atoms with van der Waals surface area (Å²) >= 11 is 0. The van der Waals surface area contributed by atoms with Crippen molar-refractivity contribution in [2.75, 3.05) is 24.6 Å². The maximum absolute atomic E-state index is 6.07. The predicted molar refractivity (Wildman–Crippen MR) is 135 cm³/mol. The van der Waals surface area contributed by atoms with Gasteiger partial charge >= 0.3 is 0 Å². The third-order valence-corrected chi connectivity index (χ3v) is 7.75. The second-order valence-electron chi connectivity index (χ2n) is 7.90. The largest absolute Gasteiger partial charge is 0.387 e. The van der Waals surface area contributed by atoms with Crippen LogP contribution in [0.15, 0.2) is 9.98 Å². The first-order valence-electron chi connectivity index (χ1n) is 10.6. The molecule has 2 fully saturated rings. The van der Waals surface area contributed by atoms with Crippen molar-refractivity contribution in [3.05, 3.63) is 0 Å². The Morgan fingerprint density at radius 2 is 0.929 bits per heavy atom. The lowest BCUT2D eigenvalue weighted by molar-refractivity contribution is 0.472. The molecule has 0 aromatic carbocycles. The number of nitrogens with two attached hydrogens (primary N) is 2. The Labute approximate surface area is 192 Å². The molecule has 4 N–H and O–H groups in total. The molecule has 2 aliphatic rings. The van der Waals surface area contributed by atoms with Crippen LogP contribution in [0.4, 0.5) is 0 Å². The summed E-state index contributed by atoms with van der Waals surface area (Å²) in [6, 6.07) is 0. The van der Waals surface area contributed by atoms with Gasteiger partial charge in [0.05, 0.1) is 11.5 Å². The average Bonchev–Trinajstić information content (AvgIpc) is 3.06. The molecule has 0 bridgehead atoms. The van der Waals surface area contributed by atoms with Crippen LogP contribution in [0.25, 0.3) is 0 Å². The van der Waals surface area contributed by atoms with Crippen molar-refractivity contribution in [3.63, 3.8) is 0 Å². The maximum Gasteiger partial charge on any atom is 0.105 e. The van der Waals surface area contributed by atoms with Gasteiger partial charge in [0.25, 0.3) is 0 Å². The molecule has 0 amide bonds. The van der Waals surface area contributed by atoms with Crippen molar-refractivity contribution >= 4 is 58.1 Å². The Morgan fingerprint density at radius 3 is 1.25 bits per heavy atom. The van der Waals surface area contributed by atoms with E-state index in [1.807, 2.05) is 0 Å². The van der Waals surface area contributed by atoms with Gasteiger partial charge in [0.1, 0.15) is 11.7 Å². The Morgan fingerprint density at radius 1 is 0.607 bits per heavy atom. The Hall–Kier alpha value is 0.220. The third kappa shape index (κ3) is 13.4. The molecule has 0 atom stereocenters. The molecule has 0 heterocycles. The Kier molecular flexibility index (Phi) is 18.2. The van der Waals surface area contributed by atoms with E-state index in [2.05, 4.69) is 9.98 Å². The molecule has 2 aliphatic carbocycles. The van der Waals surface area contributed by atoms with Crippen LogP contribution < -0.4 is 11.5 Å². The summed E-state index contributed by atoms with van der Waals surface area (Å²) in [7, 11) is 3.49. The van der Waals surface area contributed by atoms with Gasteiger partial charge in [0, 0.05) is 13.1 Å². The van der Waals surface area contributed by atoms with Gasteiger partial charge < -0.3 is 11.5 Å². The van der Waals surface area contributed by atoms with Crippen LogP contribution in [0.5, 0.6) is 0 Å². The molecule has 0 aromatic rings. The molecule has 0 unspecified atom stereocenters. The van der Waals surface area contributed by atoms with Crippen molar-refractivity contribution in [2.24, 2.45) is 33.3 Å². The third-order valence-electron chi connectivity index (χ3n) is 5.55. The zero-order valence-electron chi connectivity index (χ0n) is 17.2. The van der Waals surface area contributed by atoms with Gasteiger partial charge in [0.15, 0.2) is 0 Å². The number of rotatable bonds is 9. The molecule has 0 radical (unpaired) electrons. The van der Waals surface area contributed by atoms with Crippen molar-refractivity contribution < 1.29 is 0 Å². The van der Waals surface area contributed by atoms with Crippen molar-refractivity contribution in [1.29, 1.82) is 0 Å². The van der Waals surface area contributed by atoms with Gasteiger partial charge in [-0.25, -0.2) is 0 Å². The summed E-state index contributed by atoms with van der Waals surface area (Å²) in [5, 5.41) is 0. The van der Waals surface area contributed by atoms with Gasteiger partial charge in [-0.05, 0) is 37.5 Å². The average molecular weight is 472 g/mol. The van der Waals surface area contributed by atoms with Crippen LogP contribution in [0, 0.1) is 11.8 Å². The molecule has 2 rings (SSSR count). The number of nitrogens with zero attached hydrogens (tertiary/aromatic N) is 2. The summed E-state index contributed by atoms with van der Waals surface area (Å²) < 4.78 is 0. The molecule has 0 aromatic heterocycles. The zero-order chi connectivity index (χ0) is 18.5. The molecule has 4 nitrogen and oxygen atoms in total. The number of halogens is 2. The van der Waals surface area contributed by atoms with Crippen molar-refractivity contribution in [2.45, 2.75) is 77.0 Å². The van der Waals surface area contributed by atoms with E-state index in [0.29, 0.717) is 0 Å². The summed E-state index contributed by atoms with van der Waals surface area (Å²) in [6.07, 6.45) is 16.3. The topological polar surface area (TPSA) is 76.8 Å². The van der Waals surface area contributed by atoms with Crippen LogP contribution in [-0.2, 0) is 0 Å². The monoisotopic (exact) mass is 470 g/mol. The van der Waals surface area contributed by atoms with E-state index < -0.39 is 0 Å². The van der Waals surface area contributed by atoms with Gasteiger partial charge in [-0.15, -0.1) is 24.8 Å².